The Morgan fingerprint density at radius 2 is 1.89 bits per heavy atom. The number of amides is 3. The second-order valence-corrected chi connectivity index (χ2v) is 10.6. The fraction of sp³-hybridized carbons (Fsp3) is 0.360. The Kier molecular flexibility index (Phi) is 7.43. The maximum Gasteiger partial charge on any atom is 0.324 e. The van der Waals surface area contributed by atoms with E-state index in [1.165, 1.54) is 11.3 Å². The summed E-state index contributed by atoms with van der Waals surface area (Å²) < 4.78 is 11.5. The van der Waals surface area contributed by atoms with Gasteiger partial charge in [0, 0.05) is 41.0 Å². The van der Waals surface area contributed by atoms with Gasteiger partial charge in [-0.15, -0.1) is 11.3 Å². The van der Waals surface area contributed by atoms with Crippen molar-refractivity contribution >= 4 is 56.5 Å². The molecule has 0 saturated carbocycles. The zero-order valence-electron chi connectivity index (χ0n) is 19.3. The van der Waals surface area contributed by atoms with Crippen LogP contribution in [-0.2, 0) is 16.9 Å². The molecule has 3 amide bonds. The van der Waals surface area contributed by atoms with Crippen molar-refractivity contribution in [1.82, 2.24) is 4.90 Å². The lowest BCUT2D eigenvalue weighted by atomic mass is 10.1. The number of hydrogen-bond acceptors (Lipinski definition) is 7. The molecule has 1 saturated heterocycles. The number of carbonyl (C=O) groups is 2. The average Bonchev–Trinajstić information content (AvgIpc) is 3.24. The number of ether oxygens (including phenoxy) is 2. The van der Waals surface area contributed by atoms with Gasteiger partial charge in [-0.1, -0.05) is 24.3 Å². The highest BCUT2D eigenvalue weighted by atomic mass is 32.2. The standard InChI is InChI=1S/C25H28N4O4S2/c26-23(30)22-18-7-14-34-15-21(18)35-24(22)28-25(31)27-19-5-6-20(17-4-2-1-3-16(17)19)33-13-10-29-8-11-32-12-9-29/h1-6H,7-15H2,(H2,26,30)(H2,27,28,31). The van der Waals surface area contributed by atoms with Crippen molar-refractivity contribution in [3.8, 4) is 5.75 Å². The highest BCUT2D eigenvalue weighted by Crippen LogP contribution is 2.39. The summed E-state index contributed by atoms with van der Waals surface area (Å²) >= 11 is 3.25. The quantitative estimate of drug-likeness (QED) is 0.439. The van der Waals surface area contributed by atoms with Gasteiger partial charge >= 0.3 is 6.03 Å². The van der Waals surface area contributed by atoms with E-state index in [4.69, 9.17) is 15.2 Å². The van der Waals surface area contributed by atoms with E-state index in [-0.39, 0.29) is 0 Å². The molecule has 0 spiro atoms. The molecule has 35 heavy (non-hydrogen) atoms. The van der Waals surface area contributed by atoms with Crippen molar-refractivity contribution in [2.24, 2.45) is 5.73 Å². The highest BCUT2D eigenvalue weighted by molar-refractivity contribution is 7.98. The number of nitrogens with zero attached hydrogens (tertiary/aromatic N) is 1. The molecule has 0 radical (unpaired) electrons. The van der Waals surface area contributed by atoms with Crippen LogP contribution in [0.15, 0.2) is 36.4 Å². The number of primary amides is 1. The minimum Gasteiger partial charge on any atom is -0.492 e. The van der Waals surface area contributed by atoms with Gasteiger partial charge in [-0.3, -0.25) is 15.0 Å². The number of hydrogen-bond donors (Lipinski definition) is 3. The van der Waals surface area contributed by atoms with Crippen LogP contribution in [0.3, 0.4) is 0 Å². The number of benzene rings is 2. The van der Waals surface area contributed by atoms with Gasteiger partial charge in [0.25, 0.3) is 5.91 Å². The zero-order valence-corrected chi connectivity index (χ0v) is 20.9. The molecule has 10 heteroatoms. The molecular formula is C25H28N4O4S2. The van der Waals surface area contributed by atoms with E-state index >= 15 is 0 Å². The average molecular weight is 513 g/mol. The molecule has 0 atom stereocenters. The highest BCUT2D eigenvalue weighted by Gasteiger charge is 2.25. The maximum absolute atomic E-state index is 12.9. The monoisotopic (exact) mass is 512 g/mol. The minimum atomic E-state index is -0.506. The van der Waals surface area contributed by atoms with Crippen molar-refractivity contribution in [1.29, 1.82) is 0 Å². The first-order valence-corrected chi connectivity index (χ1v) is 13.6. The summed E-state index contributed by atoms with van der Waals surface area (Å²) in [7, 11) is 0. The Labute approximate surface area is 212 Å². The van der Waals surface area contributed by atoms with Gasteiger partial charge in [0.1, 0.15) is 17.4 Å². The predicted molar refractivity (Wildman–Crippen MR) is 142 cm³/mol. The van der Waals surface area contributed by atoms with E-state index in [2.05, 4.69) is 15.5 Å². The normalized spacial score (nSPS) is 16.0. The summed E-state index contributed by atoms with van der Waals surface area (Å²) in [5.74, 6) is 2.05. The molecule has 184 valence electrons. The minimum absolute atomic E-state index is 0.412. The van der Waals surface area contributed by atoms with Crippen molar-refractivity contribution in [3.63, 3.8) is 0 Å². The Morgan fingerprint density at radius 1 is 1.09 bits per heavy atom. The molecule has 2 aromatic carbocycles. The largest absolute Gasteiger partial charge is 0.492 e. The number of anilines is 2. The molecule has 8 nitrogen and oxygen atoms in total. The number of thioether (sulfide) groups is 1. The number of fused-ring (bicyclic) bond motifs is 2. The Balaban J connectivity index is 1.30. The third kappa shape index (κ3) is 5.40. The fourth-order valence-electron chi connectivity index (χ4n) is 4.45. The van der Waals surface area contributed by atoms with Crippen LogP contribution < -0.4 is 21.1 Å². The molecule has 3 aromatic rings. The molecule has 2 aliphatic rings. The van der Waals surface area contributed by atoms with Crippen LogP contribution in [0.2, 0.25) is 0 Å². The topological polar surface area (TPSA) is 106 Å². The van der Waals surface area contributed by atoms with E-state index in [9.17, 15) is 9.59 Å². The number of rotatable bonds is 7. The lowest BCUT2D eigenvalue weighted by Gasteiger charge is -2.26. The molecule has 0 aliphatic carbocycles. The summed E-state index contributed by atoms with van der Waals surface area (Å²) in [6.07, 6.45) is 0.787. The zero-order chi connectivity index (χ0) is 24.2. The lowest BCUT2D eigenvalue weighted by Crippen LogP contribution is -2.38. The first kappa shape index (κ1) is 23.9. The third-order valence-corrected chi connectivity index (χ3v) is 8.51. The van der Waals surface area contributed by atoms with Crippen LogP contribution in [0.5, 0.6) is 5.75 Å². The predicted octanol–water partition coefficient (Wildman–Crippen LogP) is 4.14. The Morgan fingerprint density at radius 3 is 2.69 bits per heavy atom. The molecule has 3 heterocycles. The molecule has 1 aromatic heterocycles. The van der Waals surface area contributed by atoms with E-state index in [0.717, 1.165) is 77.7 Å². The Bertz CT molecular complexity index is 1240. The van der Waals surface area contributed by atoms with E-state index in [0.29, 0.717) is 22.9 Å². The van der Waals surface area contributed by atoms with E-state index in [1.54, 1.807) is 0 Å². The van der Waals surface area contributed by atoms with Gasteiger partial charge in [0.2, 0.25) is 0 Å². The molecule has 0 bridgehead atoms. The van der Waals surface area contributed by atoms with Crippen molar-refractivity contribution in [2.45, 2.75) is 12.2 Å². The summed E-state index contributed by atoms with van der Waals surface area (Å²) in [6.45, 7) is 4.79. The molecule has 1 fully saturated rings. The number of carbonyl (C=O) groups excluding carboxylic acids is 2. The second kappa shape index (κ2) is 10.9. The van der Waals surface area contributed by atoms with Crippen LogP contribution in [0, 0.1) is 0 Å². The lowest BCUT2D eigenvalue weighted by molar-refractivity contribution is 0.0323. The SMILES string of the molecule is NC(=O)c1c(NC(=O)Nc2ccc(OCCN3CCOCC3)c3ccccc23)sc2c1CCSC2. The van der Waals surface area contributed by atoms with Crippen LogP contribution in [0.1, 0.15) is 20.8 Å². The second-order valence-electron chi connectivity index (χ2n) is 8.41. The van der Waals surface area contributed by atoms with Crippen LogP contribution in [0.4, 0.5) is 15.5 Å². The molecule has 5 rings (SSSR count). The molecular weight excluding hydrogens is 484 g/mol. The summed E-state index contributed by atoms with van der Waals surface area (Å²) in [6, 6.07) is 11.1. The summed E-state index contributed by atoms with van der Waals surface area (Å²) in [5, 5.41) is 8.11. The van der Waals surface area contributed by atoms with Gasteiger partial charge in [0.05, 0.1) is 24.5 Å². The third-order valence-electron chi connectivity index (χ3n) is 6.19. The number of urea groups is 1. The summed E-state index contributed by atoms with van der Waals surface area (Å²) in [4.78, 5) is 28.5. The van der Waals surface area contributed by atoms with Crippen LogP contribution >= 0.6 is 23.1 Å². The van der Waals surface area contributed by atoms with E-state index in [1.807, 2.05) is 48.2 Å². The van der Waals surface area contributed by atoms with Crippen molar-refractivity contribution in [2.75, 3.05) is 55.8 Å². The molecule has 2 aliphatic heterocycles. The van der Waals surface area contributed by atoms with Gasteiger partial charge < -0.3 is 20.5 Å². The number of nitrogens with two attached hydrogens (primary N) is 1. The van der Waals surface area contributed by atoms with Crippen molar-refractivity contribution in [3.05, 3.63) is 52.4 Å². The Hall–Kier alpha value is -2.79. The maximum atomic E-state index is 12.9. The first-order chi connectivity index (χ1) is 17.1. The van der Waals surface area contributed by atoms with Crippen molar-refractivity contribution < 1.29 is 19.1 Å². The smallest absolute Gasteiger partial charge is 0.324 e. The molecule has 4 N–H and O–H groups in total. The van der Waals surface area contributed by atoms with Gasteiger partial charge in [0.15, 0.2) is 0 Å². The van der Waals surface area contributed by atoms with Gasteiger partial charge in [-0.2, -0.15) is 11.8 Å². The first-order valence-electron chi connectivity index (χ1n) is 11.6. The van der Waals surface area contributed by atoms with Crippen LogP contribution in [-0.4, -0.2) is 62.0 Å². The summed E-state index contributed by atoms with van der Waals surface area (Å²) in [5.41, 5.74) is 7.73. The number of nitrogens with one attached hydrogen (secondary N) is 2. The van der Waals surface area contributed by atoms with E-state index < -0.39 is 11.9 Å². The number of thiophene rings is 1. The van der Waals surface area contributed by atoms with Crippen LogP contribution in [0.25, 0.3) is 10.8 Å². The van der Waals surface area contributed by atoms with Gasteiger partial charge in [-0.05, 0) is 29.9 Å². The molecule has 0 unspecified atom stereocenters. The number of morpholine rings is 1. The van der Waals surface area contributed by atoms with Gasteiger partial charge in [-0.25, -0.2) is 4.79 Å². The fourth-order valence-corrected chi connectivity index (χ4v) is 6.83.